The monoisotopic (exact) mass is 384 g/mol. The molecule has 0 saturated carbocycles. The van der Waals surface area contributed by atoms with Gasteiger partial charge in [-0.1, -0.05) is 44.2 Å². The van der Waals surface area contributed by atoms with E-state index < -0.39 is 15.6 Å². The Morgan fingerprint density at radius 1 is 1.12 bits per heavy atom. The highest BCUT2D eigenvalue weighted by atomic mass is 32.2. The number of nitrogens with two attached hydrogens (primary N) is 1. The zero-order valence-corrected chi connectivity index (χ0v) is 15.4. The second-order valence-electron chi connectivity index (χ2n) is 5.67. The molecule has 0 aliphatic rings. The summed E-state index contributed by atoms with van der Waals surface area (Å²) >= 11 is 0. The Kier molecular flexibility index (Phi) is 10.9. The van der Waals surface area contributed by atoms with Gasteiger partial charge in [-0.2, -0.15) is 21.6 Å². The fourth-order valence-electron chi connectivity index (χ4n) is 2.24. The van der Waals surface area contributed by atoms with Crippen molar-refractivity contribution in [2.45, 2.75) is 44.7 Å². The summed E-state index contributed by atoms with van der Waals surface area (Å²) < 4.78 is 57.5. The Bertz CT molecular complexity index is 560. The average molecular weight is 384 g/mol. The van der Waals surface area contributed by atoms with Crippen LogP contribution in [0.25, 0.3) is 0 Å². The smallest absolute Gasteiger partial charge is 0.326 e. The van der Waals surface area contributed by atoms with Crippen LogP contribution >= 0.6 is 0 Å². The maximum atomic E-state index is 10.7. The van der Waals surface area contributed by atoms with Crippen molar-refractivity contribution in [2.24, 2.45) is 5.73 Å². The minimum absolute atomic E-state index is 0.246. The van der Waals surface area contributed by atoms with E-state index in [4.69, 9.17) is 18.7 Å². The normalized spacial score (nSPS) is 13.3. The first-order chi connectivity index (χ1) is 11.5. The molecule has 1 rings (SSSR count). The van der Waals surface area contributed by atoms with E-state index in [1.807, 2.05) is 0 Å². The fourth-order valence-corrected chi connectivity index (χ4v) is 2.24. The minimum Gasteiger partial charge on any atom is -0.326 e. The lowest BCUT2D eigenvalue weighted by molar-refractivity contribution is -0.0510. The van der Waals surface area contributed by atoms with Gasteiger partial charge in [0.05, 0.1) is 0 Å². The van der Waals surface area contributed by atoms with E-state index in [1.54, 1.807) is 0 Å². The Morgan fingerprint density at radius 3 is 1.92 bits per heavy atom. The van der Waals surface area contributed by atoms with Crippen LogP contribution in [-0.2, 0) is 16.5 Å². The van der Waals surface area contributed by atoms with Crippen molar-refractivity contribution in [1.82, 2.24) is 4.90 Å². The van der Waals surface area contributed by atoms with Crippen LogP contribution in [0.15, 0.2) is 30.3 Å². The third-order valence-electron chi connectivity index (χ3n) is 3.21. The van der Waals surface area contributed by atoms with Crippen molar-refractivity contribution < 1.29 is 26.1 Å². The quantitative estimate of drug-likeness (QED) is 0.532. The summed E-state index contributed by atoms with van der Waals surface area (Å²) in [5, 5.41) is 0. The summed E-state index contributed by atoms with van der Waals surface area (Å²) in [6.07, 6.45) is 3.39. The van der Waals surface area contributed by atoms with Gasteiger partial charge in [-0.3, -0.25) is 4.55 Å². The van der Waals surface area contributed by atoms with Gasteiger partial charge in [-0.15, -0.1) is 0 Å². The molecule has 1 atom stereocenters. The van der Waals surface area contributed by atoms with Crippen LogP contribution in [0.3, 0.4) is 0 Å². The maximum Gasteiger partial charge on any atom is 0.522 e. The summed E-state index contributed by atoms with van der Waals surface area (Å²) in [6.45, 7) is 7.79. The van der Waals surface area contributed by atoms with Crippen LogP contribution in [0.1, 0.15) is 32.3 Å². The van der Waals surface area contributed by atoms with Crippen molar-refractivity contribution in [2.75, 3.05) is 19.6 Å². The molecule has 0 aliphatic heterocycles. The first-order valence-corrected chi connectivity index (χ1v) is 9.50. The molecule has 0 fully saturated rings. The molecule has 0 radical (unpaired) electrons. The molecule has 1 aromatic rings. The zero-order valence-electron chi connectivity index (χ0n) is 14.5. The second-order valence-corrected chi connectivity index (χ2v) is 7.08. The van der Waals surface area contributed by atoms with Crippen LogP contribution < -0.4 is 5.73 Å². The number of rotatable bonds is 8. The van der Waals surface area contributed by atoms with E-state index in [9.17, 15) is 13.2 Å². The Morgan fingerprint density at radius 2 is 1.56 bits per heavy atom. The third kappa shape index (κ3) is 11.1. The first kappa shape index (κ1) is 23.8. The van der Waals surface area contributed by atoms with Gasteiger partial charge >= 0.3 is 15.6 Å². The van der Waals surface area contributed by atoms with Crippen LogP contribution in [0.5, 0.6) is 0 Å². The summed E-state index contributed by atoms with van der Waals surface area (Å²) in [5.74, 6) is 0. The van der Waals surface area contributed by atoms with Crippen LogP contribution in [0.2, 0.25) is 0 Å². The van der Waals surface area contributed by atoms with Gasteiger partial charge < -0.3 is 10.6 Å². The van der Waals surface area contributed by atoms with Crippen molar-refractivity contribution in [3.63, 3.8) is 0 Å². The van der Waals surface area contributed by atoms with Gasteiger partial charge in [0.25, 0.3) is 0 Å². The second kappa shape index (κ2) is 11.5. The van der Waals surface area contributed by atoms with E-state index in [0.29, 0.717) is 0 Å². The molecule has 0 aliphatic carbocycles. The van der Waals surface area contributed by atoms with Crippen molar-refractivity contribution in [3.8, 4) is 0 Å². The topological polar surface area (TPSA) is 83.6 Å². The molecule has 0 unspecified atom stereocenters. The molecule has 9 heteroatoms. The molecule has 3 N–H and O–H groups in total. The fraction of sp³-hybridized carbons (Fsp3) is 0.625. The molecular formula is C16H27F3N2O3S. The first-order valence-electron chi connectivity index (χ1n) is 8.06. The zero-order chi connectivity index (χ0) is 19.5. The Labute approximate surface area is 147 Å². The molecule has 0 bridgehead atoms. The predicted octanol–water partition coefficient (Wildman–Crippen LogP) is 3.07. The molecule has 0 spiro atoms. The van der Waals surface area contributed by atoms with Crippen LogP contribution in [0.4, 0.5) is 13.2 Å². The van der Waals surface area contributed by atoms with E-state index in [-0.39, 0.29) is 6.04 Å². The highest BCUT2D eigenvalue weighted by Gasteiger charge is 2.44. The lowest BCUT2D eigenvalue weighted by Crippen LogP contribution is -2.39. The molecule has 0 heterocycles. The number of halogens is 3. The Hall–Kier alpha value is -1.16. The number of alkyl halides is 3. The van der Waals surface area contributed by atoms with Crippen molar-refractivity contribution >= 4 is 10.1 Å². The summed E-state index contributed by atoms with van der Waals surface area (Å²) in [7, 11) is -5.84. The molecule has 146 valence electrons. The third-order valence-corrected chi connectivity index (χ3v) is 3.79. The number of hydrogen-bond donors (Lipinski definition) is 2. The van der Waals surface area contributed by atoms with Gasteiger partial charge in [0.2, 0.25) is 0 Å². The lowest BCUT2D eigenvalue weighted by atomic mass is 10.1. The van der Waals surface area contributed by atoms with E-state index in [2.05, 4.69) is 49.1 Å². The molecule has 1 aromatic carbocycles. The summed E-state index contributed by atoms with van der Waals surface area (Å²) in [6, 6.07) is 10.8. The molecule has 0 saturated heterocycles. The summed E-state index contributed by atoms with van der Waals surface area (Å²) in [4.78, 5) is 2.48. The van der Waals surface area contributed by atoms with E-state index >= 15 is 0 Å². The highest BCUT2D eigenvalue weighted by molar-refractivity contribution is 7.86. The molecule has 5 nitrogen and oxygen atoms in total. The minimum atomic E-state index is -5.84. The molecule has 0 aromatic heterocycles. The predicted molar refractivity (Wildman–Crippen MR) is 92.7 cm³/mol. The molecular weight excluding hydrogens is 357 g/mol. The number of nitrogens with zero attached hydrogens (tertiary/aromatic N) is 1. The lowest BCUT2D eigenvalue weighted by Gasteiger charge is -2.24. The largest absolute Gasteiger partial charge is 0.522 e. The Balaban J connectivity index is 0.000000609. The van der Waals surface area contributed by atoms with Gasteiger partial charge in [-0.05, 0) is 37.9 Å². The SMILES string of the molecule is CCCN(CCC)C[C@@H](N)Cc1ccccc1.O=S(=O)(O)C(F)(F)F. The molecule has 0 amide bonds. The van der Waals surface area contributed by atoms with E-state index in [1.165, 1.54) is 18.4 Å². The maximum absolute atomic E-state index is 10.7. The van der Waals surface area contributed by atoms with Crippen LogP contribution in [-0.4, -0.2) is 49.1 Å². The van der Waals surface area contributed by atoms with Crippen molar-refractivity contribution in [1.29, 1.82) is 0 Å². The average Bonchev–Trinajstić information content (AvgIpc) is 2.47. The van der Waals surface area contributed by atoms with E-state index in [0.717, 1.165) is 26.1 Å². The number of hydrogen-bond acceptors (Lipinski definition) is 4. The van der Waals surface area contributed by atoms with Crippen LogP contribution in [0, 0.1) is 0 Å². The van der Waals surface area contributed by atoms with Gasteiger partial charge in [-0.25, -0.2) is 0 Å². The summed E-state index contributed by atoms with van der Waals surface area (Å²) in [5.41, 5.74) is 2.03. The number of benzene rings is 1. The molecule has 25 heavy (non-hydrogen) atoms. The van der Waals surface area contributed by atoms with Crippen molar-refractivity contribution in [3.05, 3.63) is 35.9 Å². The highest BCUT2D eigenvalue weighted by Crippen LogP contribution is 2.20. The van der Waals surface area contributed by atoms with Gasteiger partial charge in [0.1, 0.15) is 0 Å². The van der Waals surface area contributed by atoms with Gasteiger partial charge in [0.15, 0.2) is 0 Å². The van der Waals surface area contributed by atoms with Gasteiger partial charge in [0, 0.05) is 12.6 Å². The standard InChI is InChI=1S/C15H26N2.CHF3O3S/c1-3-10-17(11-4-2)13-15(16)12-14-8-6-5-7-9-14;2-1(3,4)8(5,6)7/h5-9,15H,3-4,10-13,16H2,1-2H3;(H,5,6,7)/t15-;/m0./s1.